The van der Waals surface area contributed by atoms with E-state index in [-0.39, 0.29) is 6.61 Å². The molecule has 0 bridgehead atoms. The molecule has 1 heterocycles. The van der Waals surface area contributed by atoms with E-state index in [0.29, 0.717) is 5.56 Å². The Balaban J connectivity index is 2.11. The first-order chi connectivity index (χ1) is 10.7. The predicted molar refractivity (Wildman–Crippen MR) is 74.0 cm³/mol. The highest BCUT2D eigenvalue weighted by atomic mass is 19.4. The van der Waals surface area contributed by atoms with E-state index in [0.717, 1.165) is 4.90 Å². The van der Waals surface area contributed by atoms with Gasteiger partial charge in [-0.2, -0.15) is 13.2 Å². The Kier molecular flexibility index (Phi) is 4.86. The van der Waals surface area contributed by atoms with Crippen LogP contribution in [0.4, 0.5) is 18.0 Å². The van der Waals surface area contributed by atoms with Crippen LogP contribution in [-0.4, -0.2) is 40.8 Å². The van der Waals surface area contributed by atoms with Crippen molar-refractivity contribution in [3.05, 3.63) is 35.9 Å². The van der Waals surface area contributed by atoms with Gasteiger partial charge in [0.1, 0.15) is 19.4 Å². The van der Waals surface area contributed by atoms with Crippen molar-refractivity contribution in [2.45, 2.75) is 38.5 Å². The number of alkyl halides is 3. The topological polar surface area (TPSA) is 59.0 Å². The Morgan fingerprint density at radius 3 is 2.57 bits per heavy atom. The van der Waals surface area contributed by atoms with Gasteiger partial charge in [-0.25, -0.2) is 4.79 Å². The molecule has 0 aliphatic carbocycles. The van der Waals surface area contributed by atoms with Gasteiger partial charge in [0.2, 0.25) is 0 Å². The number of halogens is 3. The molecule has 1 N–H and O–H groups in total. The highest BCUT2D eigenvalue weighted by Crippen LogP contribution is 2.43. The van der Waals surface area contributed by atoms with Crippen molar-refractivity contribution in [2.75, 3.05) is 6.73 Å². The number of aliphatic hydroxyl groups is 1. The summed E-state index contributed by atoms with van der Waals surface area (Å²) in [6.45, 7) is 2.17. The number of hydrogen-bond donors (Lipinski definition) is 1. The minimum absolute atomic E-state index is 0.0779. The first-order valence-electron chi connectivity index (χ1n) is 7.07. The summed E-state index contributed by atoms with van der Waals surface area (Å²) in [6.07, 6.45) is -5.98. The molecule has 1 aromatic carbocycles. The van der Waals surface area contributed by atoms with E-state index in [4.69, 9.17) is 4.74 Å². The van der Waals surface area contributed by atoms with Crippen molar-refractivity contribution in [2.24, 2.45) is 5.92 Å². The van der Waals surface area contributed by atoms with Crippen LogP contribution < -0.4 is 0 Å². The molecular weight excluding hydrogens is 315 g/mol. The van der Waals surface area contributed by atoms with Crippen molar-refractivity contribution in [1.82, 2.24) is 4.90 Å². The molecule has 2 atom stereocenters. The van der Waals surface area contributed by atoms with Gasteiger partial charge in [0.15, 0.2) is 0 Å². The van der Waals surface area contributed by atoms with Crippen LogP contribution in [0.5, 0.6) is 0 Å². The summed E-state index contributed by atoms with van der Waals surface area (Å²) in [7, 11) is 0. The summed E-state index contributed by atoms with van der Waals surface area (Å²) in [5, 5.41) is 9.87. The van der Waals surface area contributed by atoms with Crippen molar-refractivity contribution in [3.63, 3.8) is 0 Å². The van der Waals surface area contributed by atoms with Crippen LogP contribution in [-0.2, 0) is 16.1 Å². The number of nitrogens with zero attached hydrogens (tertiary/aromatic N) is 1. The zero-order valence-electron chi connectivity index (χ0n) is 12.7. The fourth-order valence-corrected chi connectivity index (χ4v) is 2.57. The van der Waals surface area contributed by atoms with Gasteiger partial charge in [-0.05, 0) is 11.5 Å². The quantitative estimate of drug-likeness (QED) is 0.924. The maximum absolute atomic E-state index is 13.1. The third kappa shape index (κ3) is 3.42. The monoisotopic (exact) mass is 333 g/mol. The van der Waals surface area contributed by atoms with Crippen LogP contribution in [0, 0.1) is 5.92 Å². The number of amides is 1. The molecule has 0 unspecified atom stereocenters. The largest absolute Gasteiger partial charge is 0.445 e. The molecule has 23 heavy (non-hydrogen) atoms. The van der Waals surface area contributed by atoms with E-state index >= 15 is 0 Å². The van der Waals surface area contributed by atoms with Gasteiger partial charge in [-0.3, -0.25) is 4.90 Å². The molecular formula is C15H18F3NO4. The minimum Gasteiger partial charge on any atom is -0.444 e. The molecule has 0 aromatic heterocycles. The number of ether oxygens (including phenoxy) is 2. The van der Waals surface area contributed by atoms with Crippen LogP contribution in [0.15, 0.2) is 30.3 Å². The number of benzene rings is 1. The summed E-state index contributed by atoms with van der Waals surface area (Å²) in [4.78, 5) is 12.9. The molecule has 1 fully saturated rings. The van der Waals surface area contributed by atoms with Crippen LogP contribution in [0.25, 0.3) is 0 Å². The molecule has 1 aliphatic rings. The summed E-state index contributed by atoms with van der Waals surface area (Å²) < 4.78 is 48.8. The van der Waals surface area contributed by atoms with Gasteiger partial charge in [0.25, 0.3) is 5.79 Å². The van der Waals surface area contributed by atoms with Crippen molar-refractivity contribution in [3.8, 4) is 0 Å². The second-order valence-corrected chi connectivity index (χ2v) is 5.67. The zero-order chi connectivity index (χ0) is 17.3. The summed E-state index contributed by atoms with van der Waals surface area (Å²) in [5.74, 6) is -4.08. The minimum atomic E-state index is -5.02. The lowest BCUT2D eigenvalue weighted by molar-refractivity contribution is -0.357. The zero-order valence-corrected chi connectivity index (χ0v) is 12.7. The summed E-state index contributed by atoms with van der Waals surface area (Å²) >= 11 is 0. The third-order valence-corrected chi connectivity index (χ3v) is 3.64. The van der Waals surface area contributed by atoms with E-state index in [1.165, 1.54) is 13.8 Å². The van der Waals surface area contributed by atoms with Gasteiger partial charge < -0.3 is 14.6 Å². The van der Waals surface area contributed by atoms with Crippen molar-refractivity contribution >= 4 is 6.09 Å². The molecule has 0 radical (unpaired) electrons. The van der Waals surface area contributed by atoms with Crippen molar-refractivity contribution < 1.29 is 32.5 Å². The van der Waals surface area contributed by atoms with E-state index in [2.05, 4.69) is 4.74 Å². The standard InChI is InChI=1S/C15H18F3NO4/c1-10(2)12-14(21,15(16,17)18)23-9-19(12)13(20)22-8-11-6-4-3-5-7-11/h3-7,10,12,21H,8-9H2,1-2H3/t12-,14+/m0/s1. The first kappa shape index (κ1) is 17.6. The molecule has 1 amide bonds. The third-order valence-electron chi connectivity index (χ3n) is 3.64. The van der Waals surface area contributed by atoms with E-state index < -0.39 is 36.7 Å². The summed E-state index contributed by atoms with van der Waals surface area (Å²) in [6, 6.07) is 7.16. The fraction of sp³-hybridized carbons (Fsp3) is 0.533. The Labute approximate surface area is 131 Å². The van der Waals surface area contributed by atoms with Gasteiger partial charge in [-0.1, -0.05) is 44.2 Å². The number of carbonyl (C=O) groups is 1. The molecule has 1 saturated heterocycles. The lowest BCUT2D eigenvalue weighted by Gasteiger charge is -2.34. The Bertz CT molecular complexity index is 549. The maximum atomic E-state index is 13.1. The average molecular weight is 333 g/mol. The van der Waals surface area contributed by atoms with E-state index in [1.807, 2.05) is 0 Å². The van der Waals surface area contributed by atoms with Crippen LogP contribution in [0.1, 0.15) is 19.4 Å². The molecule has 1 aromatic rings. The first-order valence-corrected chi connectivity index (χ1v) is 7.07. The average Bonchev–Trinajstić information content (AvgIpc) is 2.85. The maximum Gasteiger partial charge on any atom is 0.445 e. The smallest absolute Gasteiger partial charge is 0.444 e. The lowest BCUT2D eigenvalue weighted by Crippen LogP contribution is -2.58. The van der Waals surface area contributed by atoms with E-state index in [9.17, 15) is 23.1 Å². The molecule has 2 rings (SSSR count). The Morgan fingerprint density at radius 1 is 1.43 bits per heavy atom. The fourth-order valence-electron chi connectivity index (χ4n) is 2.57. The Morgan fingerprint density at radius 2 is 2.04 bits per heavy atom. The highest BCUT2D eigenvalue weighted by molar-refractivity contribution is 5.68. The molecule has 0 saturated carbocycles. The lowest BCUT2D eigenvalue weighted by atomic mass is 9.94. The van der Waals surface area contributed by atoms with Gasteiger partial charge in [0, 0.05) is 0 Å². The van der Waals surface area contributed by atoms with Crippen LogP contribution >= 0.6 is 0 Å². The van der Waals surface area contributed by atoms with Gasteiger partial charge in [-0.15, -0.1) is 0 Å². The van der Waals surface area contributed by atoms with Gasteiger partial charge >= 0.3 is 12.3 Å². The molecule has 0 spiro atoms. The number of carbonyl (C=O) groups excluding carboxylic acids is 1. The van der Waals surface area contributed by atoms with E-state index in [1.54, 1.807) is 30.3 Å². The van der Waals surface area contributed by atoms with Gasteiger partial charge in [0.05, 0.1) is 0 Å². The second kappa shape index (κ2) is 6.37. The predicted octanol–water partition coefficient (Wildman–Crippen LogP) is 2.89. The molecule has 5 nitrogen and oxygen atoms in total. The second-order valence-electron chi connectivity index (χ2n) is 5.67. The van der Waals surface area contributed by atoms with Crippen LogP contribution in [0.3, 0.4) is 0 Å². The van der Waals surface area contributed by atoms with Crippen LogP contribution in [0.2, 0.25) is 0 Å². The molecule has 128 valence electrons. The molecule has 8 heteroatoms. The molecule has 1 aliphatic heterocycles. The number of hydrogen-bond acceptors (Lipinski definition) is 4. The van der Waals surface area contributed by atoms with Crippen molar-refractivity contribution in [1.29, 1.82) is 0 Å². The number of rotatable bonds is 3. The highest BCUT2D eigenvalue weighted by Gasteiger charge is 2.67. The normalized spacial score (nSPS) is 25.0. The Hall–Kier alpha value is -1.80. The summed E-state index contributed by atoms with van der Waals surface area (Å²) in [5.41, 5.74) is 0.702. The SMILES string of the molecule is CC(C)[C@@H]1N(C(=O)OCc2ccccc2)CO[C@@]1(O)C(F)(F)F.